The van der Waals surface area contributed by atoms with E-state index in [1.165, 1.54) is 31.7 Å². The van der Waals surface area contributed by atoms with Crippen LogP contribution in [0, 0.1) is 5.41 Å². The van der Waals surface area contributed by atoms with E-state index in [2.05, 4.69) is 12.2 Å². The van der Waals surface area contributed by atoms with Crippen molar-refractivity contribution in [1.82, 2.24) is 5.32 Å². The molecule has 3 heteroatoms. The Morgan fingerprint density at radius 3 is 2.53 bits per heavy atom. The largest absolute Gasteiger partial charge is 0.504 e. The van der Waals surface area contributed by atoms with Gasteiger partial charge in [0.2, 0.25) is 0 Å². The molecule has 0 bridgehead atoms. The number of benzene rings is 1. The van der Waals surface area contributed by atoms with E-state index in [-0.39, 0.29) is 11.5 Å². The summed E-state index contributed by atoms with van der Waals surface area (Å²) in [7, 11) is 0. The first kappa shape index (κ1) is 12.2. The summed E-state index contributed by atoms with van der Waals surface area (Å²) in [5.74, 6) is -0.101. The Hall–Kier alpha value is -1.22. The van der Waals surface area contributed by atoms with Crippen molar-refractivity contribution in [3.63, 3.8) is 0 Å². The van der Waals surface area contributed by atoms with Crippen molar-refractivity contribution in [3.8, 4) is 11.5 Å². The number of aromatic hydroxyl groups is 2. The summed E-state index contributed by atoms with van der Waals surface area (Å²) < 4.78 is 0. The van der Waals surface area contributed by atoms with Crippen molar-refractivity contribution in [2.24, 2.45) is 5.41 Å². The molecule has 17 heavy (non-hydrogen) atoms. The minimum Gasteiger partial charge on any atom is -0.504 e. The average molecular weight is 235 g/mol. The highest BCUT2D eigenvalue weighted by molar-refractivity contribution is 5.40. The van der Waals surface area contributed by atoms with Crippen LogP contribution in [0.15, 0.2) is 18.2 Å². The van der Waals surface area contributed by atoms with Crippen LogP contribution in [0.4, 0.5) is 0 Å². The number of hydrogen-bond donors (Lipinski definition) is 3. The number of rotatable bonds is 5. The third-order valence-electron chi connectivity index (χ3n) is 4.03. The van der Waals surface area contributed by atoms with Gasteiger partial charge in [0.05, 0.1) is 0 Å². The fourth-order valence-electron chi connectivity index (χ4n) is 2.48. The lowest BCUT2D eigenvalue weighted by molar-refractivity contribution is 0.124. The molecule has 0 aliphatic heterocycles. The second-order valence-electron chi connectivity index (χ2n) is 5.13. The monoisotopic (exact) mass is 235 g/mol. The van der Waals surface area contributed by atoms with Gasteiger partial charge in [-0.15, -0.1) is 0 Å². The molecule has 1 saturated carbocycles. The van der Waals surface area contributed by atoms with Crippen molar-refractivity contribution < 1.29 is 10.2 Å². The Labute approximate surface area is 102 Å². The maximum atomic E-state index is 9.39. The highest BCUT2D eigenvalue weighted by Crippen LogP contribution is 2.43. The Morgan fingerprint density at radius 2 is 2.00 bits per heavy atom. The van der Waals surface area contributed by atoms with Crippen LogP contribution in [0.25, 0.3) is 0 Å². The lowest BCUT2D eigenvalue weighted by Crippen LogP contribution is -2.39. The minimum absolute atomic E-state index is 0.0434. The highest BCUT2D eigenvalue weighted by atomic mass is 16.3. The lowest BCUT2D eigenvalue weighted by atomic mass is 9.67. The van der Waals surface area contributed by atoms with Crippen LogP contribution in [0.2, 0.25) is 0 Å². The molecule has 0 saturated heterocycles. The van der Waals surface area contributed by atoms with Crippen molar-refractivity contribution in [2.75, 3.05) is 6.54 Å². The van der Waals surface area contributed by atoms with Crippen LogP contribution in [0.5, 0.6) is 11.5 Å². The van der Waals surface area contributed by atoms with Gasteiger partial charge in [0.15, 0.2) is 11.5 Å². The summed E-state index contributed by atoms with van der Waals surface area (Å²) in [4.78, 5) is 0. The van der Waals surface area contributed by atoms with E-state index in [9.17, 15) is 10.2 Å². The van der Waals surface area contributed by atoms with Crippen molar-refractivity contribution in [3.05, 3.63) is 23.8 Å². The summed E-state index contributed by atoms with van der Waals surface area (Å²) in [5, 5.41) is 22.0. The minimum atomic E-state index is -0.0576. The molecule has 0 radical (unpaired) electrons. The molecular weight excluding hydrogens is 214 g/mol. The molecule has 2 rings (SSSR count). The summed E-state index contributed by atoms with van der Waals surface area (Å²) in [6.07, 6.45) is 5.25. The van der Waals surface area contributed by atoms with Crippen LogP contribution < -0.4 is 5.32 Å². The molecule has 1 fully saturated rings. The quantitative estimate of drug-likeness (QED) is 0.688. The third kappa shape index (κ3) is 2.72. The SMILES string of the molecule is CCC1(CNCc2ccc(O)c(O)c2)CCC1. The molecule has 0 unspecified atom stereocenters. The molecule has 1 aromatic rings. The van der Waals surface area contributed by atoms with Gasteiger partial charge in [-0.1, -0.05) is 19.4 Å². The normalized spacial score (nSPS) is 17.7. The van der Waals surface area contributed by atoms with E-state index >= 15 is 0 Å². The van der Waals surface area contributed by atoms with E-state index < -0.39 is 0 Å². The Balaban J connectivity index is 1.83. The number of nitrogens with one attached hydrogen (secondary N) is 1. The zero-order valence-corrected chi connectivity index (χ0v) is 10.4. The summed E-state index contributed by atoms with van der Waals surface area (Å²) in [5.41, 5.74) is 1.52. The number of phenolic OH excluding ortho intramolecular Hbond substituents is 2. The van der Waals surface area contributed by atoms with Gasteiger partial charge >= 0.3 is 0 Å². The fraction of sp³-hybridized carbons (Fsp3) is 0.571. The zero-order valence-electron chi connectivity index (χ0n) is 10.4. The molecule has 0 amide bonds. The van der Waals surface area contributed by atoms with Gasteiger partial charge in [-0.3, -0.25) is 0 Å². The molecule has 3 N–H and O–H groups in total. The van der Waals surface area contributed by atoms with Gasteiger partial charge in [-0.05, 0) is 42.4 Å². The van der Waals surface area contributed by atoms with Gasteiger partial charge in [-0.25, -0.2) is 0 Å². The van der Waals surface area contributed by atoms with Gasteiger partial charge in [0, 0.05) is 13.1 Å². The Kier molecular flexibility index (Phi) is 3.57. The first-order valence-electron chi connectivity index (χ1n) is 6.37. The van der Waals surface area contributed by atoms with Crippen LogP contribution in [-0.2, 0) is 6.54 Å². The molecule has 0 atom stereocenters. The molecule has 1 aromatic carbocycles. The first-order valence-corrected chi connectivity index (χ1v) is 6.37. The van der Waals surface area contributed by atoms with Crippen molar-refractivity contribution in [1.29, 1.82) is 0 Å². The molecule has 0 spiro atoms. The molecule has 1 aliphatic carbocycles. The van der Waals surface area contributed by atoms with Crippen LogP contribution in [0.3, 0.4) is 0 Å². The maximum absolute atomic E-state index is 9.39. The smallest absolute Gasteiger partial charge is 0.157 e. The van der Waals surface area contributed by atoms with Crippen molar-refractivity contribution >= 4 is 0 Å². The van der Waals surface area contributed by atoms with Gasteiger partial charge < -0.3 is 15.5 Å². The predicted molar refractivity (Wildman–Crippen MR) is 68.1 cm³/mol. The maximum Gasteiger partial charge on any atom is 0.157 e. The topological polar surface area (TPSA) is 52.5 Å². The van der Waals surface area contributed by atoms with Gasteiger partial charge in [0.25, 0.3) is 0 Å². The van der Waals surface area contributed by atoms with Crippen LogP contribution in [0.1, 0.15) is 38.2 Å². The Morgan fingerprint density at radius 1 is 1.24 bits per heavy atom. The first-order chi connectivity index (χ1) is 8.15. The summed E-state index contributed by atoms with van der Waals surface area (Å²) >= 11 is 0. The standard InChI is InChI=1S/C14H21NO2/c1-2-14(6-3-7-14)10-15-9-11-4-5-12(16)13(17)8-11/h4-5,8,15-17H,2-3,6-7,9-10H2,1H3. The highest BCUT2D eigenvalue weighted by Gasteiger charge is 2.34. The van der Waals surface area contributed by atoms with Gasteiger partial charge in [-0.2, -0.15) is 0 Å². The predicted octanol–water partition coefficient (Wildman–Crippen LogP) is 2.77. The Bertz CT molecular complexity index is 380. The van der Waals surface area contributed by atoms with Crippen molar-refractivity contribution in [2.45, 2.75) is 39.2 Å². The van der Waals surface area contributed by atoms with E-state index in [0.29, 0.717) is 5.41 Å². The molecule has 94 valence electrons. The molecule has 1 aliphatic rings. The zero-order chi connectivity index (χ0) is 12.3. The second-order valence-corrected chi connectivity index (χ2v) is 5.13. The summed E-state index contributed by atoms with van der Waals surface area (Å²) in [6.45, 7) is 4.05. The molecule has 3 nitrogen and oxygen atoms in total. The average Bonchev–Trinajstić information content (AvgIpc) is 2.27. The van der Waals surface area contributed by atoms with E-state index in [0.717, 1.165) is 18.7 Å². The lowest BCUT2D eigenvalue weighted by Gasteiger charge is -2.41. The van der Waals surface area contributed by atoms with Crippen LogP contribution in [-0.4, -0.2) is 16.8 Å². The third-order valence-corrected chi connectivity index (χ3v) is 4.03. The van der Waals surface area contributed by atoms with E-state index in [1.807, 2.05) is 6.07 Å². The number of phenols is 2. The van der Waals surface area contributed by atoms with Gasteiger partial charge in [0.1, 0.15) is 0 Å². The van der Waals surface area contributed by atoms with Crippen LogP contribution >= 0.6 is 0 Å². The molecule has 0 heterocycles. The second kappa shape index (κ2) is 4.96. The number of hydrogen-bond acceptors (Lipinski definition) is 3. The molecule has 0 aromatic heterocycles. The van der Waals surface area contributed by atoms with E-state index in [1.54, 1.807) is 6.07 Å². The molecular formula is C14H21NO2. The summed E-state index contributed by atoms with van der Waals surface area (Å²) in [6, 6.07) is 4.98. The van der Waals surface area contributed by atoms with E-state index in [4.69, 9.17) is 0 Å². The fourth-order valence-corrected chi connectivity index (χ4v) is 2.48.